The highest BCUT2D eigenvalue weighted by Crippen LogP contribution is 2.30. The van der Waals surface area contributed by atoms with E-state index in [1.165, 1.54) is 19.1 Å². The van der Waals surface area contributed by atoms with Crippen LogP contribution in [0.2, 0.25) is 0 Å². The minimum Gasteiger partial charge on any atom is -0.355 e. The monoisotopic (exact) mass is 306 g/mol. The predicted octanol–water partition coefficient (Wildman–Crippen LogP) is 1.38. The molecule has 5 heteroatoms. The second kappa shape index (κ2) is 8.22. The fourth-order valence-electron chi connectivity index (χ4n) is 3.39. The van der Waals surface area contributed by atoms with Gasteiger partial charge in [-0.1, -0.05) is 0 Å². The third-order valence-corrected chi connectivity index (χ3v) is 4.74. The second-order valence-electron chi connectivity index (χ2n) is 6.42. The lowest BCUT2D eigenvalue weighted by Gasteiger charge is -2.29. The van der Waals surface area contributed by atoms with Gasteiger partial charge in [0.15, 0.2) is 11.6 Å². The third-order valence-electron chi connectivity index (χ3n) is 4.74. The van der Waals surface area contributed by atoms with E-state index in [9.17, 15) is 14.4 Å². The smallest absolute Gasteiger partial charge is 0.216 e. The van der Waals surface area contributed by atoms with E-state index in [4.69, 9.17) is 0 Å². The summed E-state index contributed by atoms with van der Waals surface area (Å²) in [5.41, 5.74) is 0. The summed E-state index contributed by atoms with van der Waals surface area (Å²) in [7, 11) is 0. The summed E-state index contributed by atoms with van der Waals surface area (Å²) in [4.78, 5) is 33.9. The average Bonchev–Trinajstić information content (AvgIpc) is 2.81. The van der Waals surface area contributed by atoms with Crippen molar-refractivity contribution in [1.82, 2.24) is 10.6 Å². The van der Waals surface area contributed by atoms with E-state index in [0.717, 1.165) is 38.6 Å². The largest absolute Gasteiger partial charge is 0.355 e. The van der Waals surface area contributed by atoms with Crippen LogP contribution in [0.4, 0.5) is 0 Å². The summed E-state index contributed by atoms with van der Waals surface area (Å²) < 4.78 is 0. The van der Waals surface area contributed by atoms with Gasteiger partial charge in [0.25, 0.3) is 0 Å². The molecule has 0 aliphatic heterocycles. The Labute approximate surface area is 131 Å². The summed E-state index contributed by atoms with van der Waals surface area (Å²) in [6.45, 7) is 3.01. The van der Waals surface area contributed by atoms with E-state index in [2.05, 4.69) is 10.6 Å². The highest BCUT2D eigenvalue weighted by molar-refractivity contribution is 6.18. The Bertz CT molecular complexity index is 433. The molecule has 0 bridgehead atoms. The zero-order valence-electron chi connectivity index (χ0n) is 13.3. The number of amides is 1. The first-order chi connectivity index (χ1) is 10.6. The van der Waals surface area contributed by atoms with Crippen LogP contribution in [-0.4, -0.2) is 36.6 Å². The Morgan fingerprint density at radius 1 is 1.05 bits per heavy atom. The number of hydrogen-bond acceptors (Lipinski definition) is 4. The molecular weight excluding hydrogens is 280 g/mol. The summed E-state index contributed by atoms with van der Waals surface area (Å²) in [5, 5.41) is 6.26. The van der Waals surface area contributed by atoms with E-state index >= 15 is 0 Å². The summed E-state index contributed by atoms with van der Waals surface area (Å²) >= 11 is 0. The molecule has 5 nitrogen and oxygen atoms in total. The lowest BCUT2D eigenvalue weighted by molar-refractivity contribution is -0.126. The Kier molecular flexibility index (Phi) is 6.31. The molecule has 2 aliphatic rings. The van der Waals surface area contributed by atoms with Crippen LogP contribution in [0.15, 0.2) is 12.2 Å². The van der Waals surface area contributed by atoms with Gasteiger partial charge in [-0.05, 0) is 56.6 Å². The van der Waals surface area contributed by atoms with Gasteiger partial charge in [0, 0.05) is 26.1 Å². The van der Waals surface area contributed by atoms with Crippen molar-refractivity contribution in [3.05, 3.63) is 12.2 Å². The zero-order chi connectivity index (χ0) is 15.9. The zero-order valence-corrected chi connectivity index (χ0v) is 13.3. The Hall–Kier alpha value is -1.49. The van der Waals surface area contributed by atoms with Crippen LogP contribution >= 0.6 is 0 Å². The Morgan fingerprint density at radius 2 is 1.68 bits per heavy atom. The normalized spacial score (nSPS) is 25.7. The summed E-state index contributed by atoms with van der Waals surface area (Å²) in [6, 6.07) is 0.529. The third kappa shape index (κ3) is 5.05. The Morgan fingerprint density at radius 3 is 2.27 bits per heavy atom. The highest BCUT2D eigenvalue weighted by Gasteiger charge is 2.29. The maximum Gasteiger partial charge on any atom is 0.216 e. The molecule has 0 unspecified atom stereocenters. The predicted molar refractivity (Wildman–Crippen MR) is 84.3 cm³/mol. The second-order valence-corrected chi connectivity index (χ2v) is 6.42. The van der Waals surface area contributed by atoms with Gasteiger partial charge in [0.05, 0.1) is 5.92 Å². The maximum atomic E-state index is 11.6. The lowest BCUT2D eigenvalue weighted by atomic mass is 9.81. The van der Waals surface area contributed by atoms with E-state index < -0.39 is 5.92 Å². The van der Waals surface area contributed by atoms with Gasteiger partial charge in [-0.3, -0.25) is 14.4 Å². The average molecular weight is 306 g/mol. The molecule has 1 fully saturated rings. The number of rotatable bonds is 7. The maximum absolute atomic E-state index is 11.6. The van der Waals surface area contributed by atoms with Crippen molar-refractivity contribution in [3.63, 3.8) is 0 Å². The molecule has 0 spiro atoms. The SMILES string of the molecule is CC(=O)NCCNC1CCC(CCC2C(=O)C=CC2=O)CC1. The quantitative estimate of drug-likeness (QED) is 0.550. The highest BCUT2D eigenvalue weighted by atomic mass is 16.2. The Balaban J connectivity index is 1.58. The molecule has 122 valence electrons. The van der Waals surface area contributed by atoms with Gasteiger partial charge in [0.2, 0.25) is 5.91 Å². The van der Waals surface area contributed by atoms with E-state index in [-0.39, 0.29) is 17.5 Å². The molecule has 0 heterocycles. The van der Waals surface area contributed by atoms with Crippen LogP contribution in [0.5, 0.6) is 0 Å². The van der Waals surface area contributed by atoms with Crippen LogP contribution in [0, 0.1) is 11.8 Å². The summed E-state index contributed by atoms with van der Waals surface area (Å²) in [6.07, 6.45) is 9.09. The van der Waals surface area contributed by atoms with Crippen molar-refractivity contribution in [2.75, 3.05) is 13.1 Å². The fraction of sp³-hybridized carbons (Fsp3) is 0.706. The molecule has 1 amide bonds. The molecule has 22 heavy (non-hydrogen) atoms. The molecular formula is C17H26N2O3. The van der Waals surface area contributed by atoms with Crippen molar-refractivity contribution in [3.8, 4) is 0 Å². The van der Waals surface area contributed by atoms with E-state index in [0.29, 0.717) is 24.9 Å². The number of ketones is 2. The standard InChI is InChI=1S/C17H26N2O3/c1-12(20)18-10-11-19-14-5-2-13(3-6-14)4-7-15-16(21)8-9-17(15)22/h8-9,13-15,19H,2-7,10-11H2,1H3,(H,18,20). The topological polar surface area (TPSA) is 75.3 Å². The van der Waals surface area contributed by atoms with Gasteiger partial charge < -0.3 is 10.6 Å². The van der Waals surface area contributed by atoms with Gasteiger partial charge in [-0.2, -0.15) is 0 Å². The fourth-order valence-corrected chi connectivity index (χ4v) is 3.39. The van der Waals surface area contributed by atoms with E-state index in [1.54, 1.807) is 0 Å². The molecule has 0 aromatic rings. The van der Waals surface area contributed by atoms with Crippen LogP contribution in [0.3, 0.4) is 0 Å². The number of nitrogens with one attached hydrogen (secondary N) is 2. The molecule has 0 radical (unpaired) electrons. The molecule has 2 rings (SSSR count). The van der Waals surface area contributed by atoms with Crippen molar-refractivity contribution in [2.45, 2.75) is 51.5 Å². The van der Waals surface area contributed by atoms with Crippen molar-refractivity contribution in [1.29, 1.82) is 0 Å². The van der Waals surface area contributed by atoms with Gasteiger partial charge in [-0.25, -0.2) is 0 Å². The number of allylic oxidation sites excluding steroid dienone is 2. The number of carbonyl (C=O) groups excluding carboxylic acids is 3. The first-order valence-electron chi connectivity index (χ1n) is 8.30. The van der Waals surface area contributed by atoms with Gasteiger partial charge in [-0.15, -0.1) is 0 Å². The molecule has 1 saturated carbocycles. The summed E-state index contributed by atoms with van der Waals surface area (Å²) in [5.74, 6) is 0.218. The van der Waals surface area contributed by atoms with Crippen LogP contribution in [-0.2, 0) is 14.4 Å². The van der Waals surface area contributed by atoms with Crippen LogP contribution in [0.25, 0.3) is 0 Å². The van der Waals surface area contributed by atoms with E-state index in [1.807, 2.05) is 0 Å². The molecule has 0 aromatic carbocycles. The minimum atomic E-state index is -0.395. The number of carbonyl (C=O) groups is 3. The first-order valence-corrected chi connectivity index (χ1v) is 8.30. The molecule has 2 aliphatic carbocycles. The van der Waals surface area contributed by atoms with Gasteiger partial charge in [0.1, 0.15) is 0 Å². The van der Waals surface area contributed by atoms with Crippen molar-refractivity contribution >= 4 is 17.5 Å². The van der Waals surface area contributed by atoms with Crippen LogP contribution < -0.4 is 10.6 Å². The minimum absolute atomic E-state index is 0.0102. The molecule has 0 aromatic heterocycles. The lowest BCUT2D eigenvalue weighted by Crippen LogP contribution is -2.38. The van der Waals surface area contributed by atoms with Crippen molar-refractivity contribution in [2.24, 2.45) is 11.8 Å². The molecule has 0 saturated heterocycles. The molecule has 0 atom stereocenters. The van der Waals surface area contributed by atoms with Crippen LogP contribution in [0.1, 0.15) is 45.4 Å². The number of hydrogen-bond donors (Lipinski definition) is 2. The molecule has 2 N–H and O–H groups in total. The van der Waals surface area contributed by atoms with Crippen molar-refractivity contribution < 1.29 is 14.4 Å². The first kappa shape index (κ1) is 16.9. The van der Waals surface area contributed by atoms with Gasteiger partial charge >= 0.3 is 0 Å².